The van der Waals surface area contributed by atoms with Crippen LogP contribution in [0.1, 0.15) is 21.9 Å². The number of halogens is 4. The van der Waals surface area contributed by atoms with Gasteiger partial charge in [-0.05, 0) is 29.4 Å². The predicted molar refractivity (Wildman–Crippen MR) is 87.0 cm³/mol. The maximum Gasteiger partial charge on any atom is 0.405 e. The Hall–Kier alpha value is -3.41. The van der Waals surface area contributed by atoms with Crippen molar-refractivity contribution in [1.29, 1.82) is 0 Å². The van der Waals surface area contributed by atoms with Crippen LogP contribution in [-0.4, -0.2) is 34.0 Å². The molecule has 0 aliphatic carbocycles. The van der Waals surface area contributed by atoms with Gasteiger partial charge in [-0.2, -0.15) is 13.2 Å². The fourth-order valence-electron chi connectivity index (χ4n) is 2.30. The number of nitrogens with zero attached hydrogens (tertiary/aromatic N) is 2. The Morgan fingerprint density at radius 3 is 2.55 bits per heavy atom. The van der Waals surface area contributed by atoms with Crippen molar-refractivity contribution in [1.82, 2.24) is 15.6 Å². The number of aromatic nitrogens is 2. The molecule has 0 aliphatic rings. The standard InChI is InChI=1S/C17H13F4N3O5/c18-10-3-1-9(2-4-10)15-11(13(6-25)29-24-15)7-27-14-5-12(28-23-14)16(26)22-8-17(19,20)21/h1-5,25H,6-8H2,(H,22,26). The van der Waals surface area contributed by atoms with Crippen LogP contribution in [0.2, 0.25) is 0 Å². The van der Waals surface area contributed by atoms with E-state index in [1.807, 2.05) is 0 Å². The Balaban J connectivity index is 1.70. The molecule has 3 rings (SSSR count). The number of hydrogen-bond acceptors (Lipinski definition) is 7. The zero-order valence-electron chi connectivity index (χ0n) is 14.5. The second kappa shape index (κ2) is 8.31. The lowest BCUT2D eigenvalue weighted by atomic mass is 10.1. The van der Waals surface area contributed by atoms with Crippen molar-refractivity contribution in [3.8, 4) is 17.1 Å². The van der Waals surface area contributed by atoms with E-state index < -0.39 is 36.8 Å². The van der Waals surface area contributed by atoms with Gasteiger partial charge in [-0.25, -0.2) is 4.39 Å². The molecule has 8 nitrogen and oxygen atoms in total. The fourth-order valence-corrected chi connectivity index (χ4v) is 2.30. The number of aliphatic hydroxyl groups is 1. The normalized spacial score (nSPS) is 11.5. The highest BCUT2D eigenvalue weighted by atomic mass is 19.4. The molecule has 0 atom stereocenters. The average Bonchev–Trinajstić information content (AvgIpc) is 3.31. The molecule has 0 aliphatic heterocycles. The number of rotatable bonds is 7. The van der Waals surface area contributed by atoms with E-state index >= 15 is 0 Å². The van der Waals surface area contributed by atoms with Crippen LogP contribution >= 0.6 is 0 Å². The molecule has 0 saturated carbocycles. The molecule has 3 aromatic rings. The summed E-state index contributed by atoms with van der Waals surface area (Å²) < 4.78 is 64.6. The first kappa shape index (κ1) is 20.3. The zero-order valence-corrected chi connectivity index (χ0v) is 14.5. The smallest absolute Gasteiger partial charge is 0.405 e. The van der Waals surface area contributed by atoms with E-state index in [0.29, 0.717) is 16.8 Å². The largest absolute Gasteiger partial charge is 0.470 e. The van der Waals surface area contributed by atoms with Crippen molar-refractivity contribution < 1.29 is 41.2 Å². The van der Waals surface area contributed by atoms with Gasteiger partial charge >= 0.3 is 6.18 Å². The van der Waals surface area contributed by atoms with E-state index in [1.165, 1.54) is 24.3 Å². The molecule has 2 aromatic heterocycles. The summed E-state index contributed by atoms with van der Waals surface area (Å²) in [6.07, 6.45) is -4.57. The van der Waals surface area contributed by atoms with Gasteiger partial charge in [-0.1, -0.05) is 5.16 Å². The molecule has 0 bridgehead atoms. The Morgan fingerprint density at radius 1 is 1.17 bits per heavy atom. The molecule has 1 amide bonds. The van der Waals surface area contributed by atoms with E-state index in [4.69, 9.17) is 9.26 Å². The minimum atomic E-state index is -4.57. The molecule has 154 valence electrons. The Kier molecular flexibility index (Phi) is 5.82. The van der Waals surface area contributed by atoms with Crippen molar-refractivity contribution in [3.05, 3.63) is 53.2 Å². The quantitative estimate of drug-likeness (QED) is 0.571. The summed E-state index contributed by atoms with van der Waals surface area (Å²) in [6.45, 7) is -2.23. The molecular weight excluding hydrogens is 402 g/mol. The van der Waals surface area contributed by atoms with Gasteiger partial charge in [0.2, 0.25) is 5.76 Å². The lowest BCUT2D eigenvalue weighted by Crippen LogP contribution is -2.33. The van der Waals surface area contributed by atoms with E-state index in [9.17, 15) is 27.5 Å². The molecule has 2 N–H and O–H groups in total. The van der Waals surface area contributed by atoms with E-state index in [2.05, 4.69) is 14.8 Å². The molecule has 2 heterocycles. The van der Waals surface area contributed by atoms with Gasteiger partial charge in [-0.3, -0.25) is 4.79 Å². The summed E-state index contributed by atoms with van der Waals surface area (Å²) in [5.41, 5.74) is 1.13. The SMILES string of the molecule is O=C(NCC(F)(F)F)c1cc(OCc2c(-c3ccc(F)cc3)noc2CO)no1. The van der Waals surface area contributed by atoms with Crippen molar-refractivity contribution in [3.63, 3.8) is 0 Å². The number of alkyl halides is 3. The number of nitrogens with one attached hydrogen (secondary N) is 1. The van der Waals surface area contributed by atoms with Crippen LogP contribution in [0.25, 0.3) is 11.3 Å². The summed E-state index contributed by atoms with van der Waals surface area (Å²) in [5, 5.41) is 18.3. The van der Waals surface area contributed by atoms with Crippen LogP contribution < -0.4 is 10.1 Å². The highest BCUT2D eigenvalue weighted by molar-refractivity contribution is 5.91. The number of benzene rings is 1. The Morgan fingerprint density at radius 2 is 1.90 bits per heavy atom. The van der Waals surface area contributed by atoms with Gasteiger partial charge in [0.25, 0.3) is 11.8 Å². The third kappa shape index (κ3) is 5.10. The summed E-state index contributed by atoms with van der Waals surface area (Å²) in [7, 11) is 0. The van der Waals surface area contributed by atoms with Crippen molar-refractivity contribution in [2.24, 2.45) is 0 Å². The lowest BCUT2D eigenvalue weighted by molar-refractivity contribution is -0.123. The molecule has 0 spiro atoms. The number of aliphatic hydroxyl groups excluding tert-OH is 1. The minimum Gasteiger partial charge on any atom is -0.470 e. The summed E-state index contributed by atoms with van der Waals surface area (Å²) in [6, 6.07) is 6.36. The average molecular weight is 415 g/mol. The molecular formula is C17H13F4N3O5. The molecule has 0 radical (unpaired) electrons. The number of carbonyl (C=O) groups is 1. The van der Waals surface area contributed by atoms with Gasteiger partial charge in [0.05, 0.1) is 11.6 Å². The summed E-state index contributed by atoms with van der Waals surface area (Å²) in [5.74, 6) is -2.13. The maximum atomic E-state index is 13.1. The monoisotopic (exact) mass is 415 g/mol. The van der Waals surface area contributed by atoms with Crippen LogP contribution in [-0.2, 0) is 13.2 Å². The van der Waals surface area contributed by atoms with Crippen LogP contribution in [0.5, 0.6) is 5.88 Å². The second-order valence-electron chi connectivity index (χ2n) is 5.71. The minimum absolute atomic E-state index is 0.0935. The van der Waals surface area contributed by atoms with Gasteiger partial charge in [-0.15, -0.1) is 0 Å². The van der Waals surface area contributed by atoms with Crippen LogP contribution in [0, 0.1) is 5.82 Å². The van der Waals surface area contributed by atoms with Crippen molar-refractivity contribution >= 4 is 5.91 Å². The first-order valence-corrected chi connectivity index (χ1v) is 8.05. The zero-order chi connectivity index (χ0) is 21.0. The van der Waals surface area contributed by atoms with Crippen LogP contribution in [0.15, 0.2) is 39.4 Å². The molecule has 0 fully saturated rings. The van der Waals surface area contributed by atoms with Crippen molar-refractivity contribution in [2.75, 3.05) is 6.54 Å². The number of ether oxygens (including phenoxy) is 1. The van der Waals surface area contributed by atoms with Crippen LogP contribution in [0.4, 0.5) is 17.6 Å². The highest BCUT2D eigenvalue weighted by Crippen LogP contribution is 2.27. The predicted octanol–water partition coefficient (Wildman–Crippen LogP) is 2.83. The third-order valence-corrected chi connectivity index (χ3v) is 3.66. The van der Waals surface area contributed by atoms with Gasteiger partial charge in [0.15, 0.2) is 5.76 Å². The number of hydrogen-bond donors (Lipinski definition) is 2. The molecule has 1 aromatic carbocycles. The first-order chi connectivity index (χ1) is 13.8. The first-order valence-electron chi connectivity index (χ1n) is 8.05. The second-order valence-corrected chi connectivity index (χ2v) is 5.71. The number of carbonyl (C=O) groups excluding carboxylic acids is 1. The maximum absolute atomic E-state index is 13.1. The summed E-state index contributed by atoms with van der Waals surface area (Å²) >= 11 is 0. The van der Waals surface area contributed by atoms with Gasteiger partial charge in [0, 0.05) is 5.56 Å². The van der Waals surface area contributed by atoms with Crippen LogP contribution in [0.3, 0.4) is 0 Å². The third-order valence-electron chi connectivity index (χ3n) is 3.66. The molecule has 12 heteroatoms. The lowest BCUT2D eigenvalue weighted by Gasteiger charge is -2.05. The molecule has 0 saturated heterocycles. The Labute approximate surface area is 160 Å². The number of amides is 1. The topological polar surface area (TPSA) is 111 Å². The van der Waals surface area contributed by atoms with E-state index in [1.54, 1.807) is 5.32 Å². The van der Waals surface area contributed by atoms with Crippen molar-refractivity contribution in [2.45, 2.75) is 19.4 Å². The molecule has 29 heavy (non-hydrogen) atoms. The Bertz CT molecular complexity index is 982. The van der Waals surface area contributed by atoms with E-state index in [-0.39, 0.29) is 18.2 Å². The highest BCUT2D eigenvalue weighted by Gasteiger charge is 2.29. The van der Waals surface area contributed by atoms with Gasteiger partial charge in [0.1, 0.15) is 31.3 Å². The molecule has 0 unspecified atom stereocenters. The van der Waals surface area contributed by atoms with E-state index in [0.717, 1.165) is 6.07 Å². The summed E-state index contributed by atoms with van der Waals surface area (Å²) in [4.78, 5) is 11.6. The fraction of sp³-hybridized carbons (Fsp3) is 0.235. The van der Waals surface area contributed by atoms with Gasteiger partial charge < -0.3 is 24.2 Å².